The minimum absolute atomic E-state index is 0.0848. The number of carbonyl (C=O) groups excluding carboxylic acids is 2. The molecule has 5 nitrogen and oxygen atoms in total. The summed E-state index contributed by atoms with van der Waals surface area (Å²) in [5, 5.41) is 19.6. The van der Waals surface area contributed by atoms with E-state index >= 15 is 0 Å². The van der Waals surface area contributed by atoms with Crippen molar-refractivity contribution in [1.29, 1.82) is 0 Å². The monoisotopic (exact) mass is 320 g/mol. The topological polar surface area (TPSA) is 83.8 Å². The van der Waals surface area contributed by atoms with Crippen molar-refractivity contribution in [3.63, 3.8) is 0 Å². The van der Waals surface area contributed by atoms with Gasteiger partial charge in [0.25, 0.3) is 0 Å². The highest BCUT2D eigenvalue weighted by Crippen LogP contribution is 2.32. The number of ether oxygens (including phenoxy) is 1. The number of esters is 1. The Bertz CT molecular complexity index is 542. The maximum absolute atomic E-state index is 12.6. The van der Waals surface area contributed by atoms with Crippen LogP contribution in [0.3, 0.4) is 0 Å². The maximum Gasteiger partial charge on any atom is 0.416 e. The number of aliphatic hydroxyl groups excluding tert-OH is 2. The Morgan fingerprint density at radius 2 is 2.00 bits per heavy atom. The van der Waals surface area contributed by atoms with Crippen LogP contribution in [0, 0.1) is 0 Å². The molecule has 0 bridgehead atoms. The molecule has 0 radical (unpaired) electrons. The van der Waals surface area contributed by atoms with Crippen LogP contribution in [-0.4, -0.2) is 35.2 Å². The molecule has 0 aromatic heterocycles. The zero-order chi connectivity index (χ0) is 16.9. The lowest BCUT2D eigenvalue weighted by atomic mass is 9.96. The number of aliphatic hydroxyl groups is 2. The summed E-state index contributed by atoms with van der Waals surface area (Å²) in [6.07, 6.45) is -8.33. The van der Waals surface area contributed by atoms with Crippen LogP contribution < -0.4 is 0 Å². The van der Waals surface area contributed by atoms with Crippen LogP contribution in [0.25, 0.3) is 0 Å². The summed E-state index contributed by atoms with van der Waals surface area (Å²) < 4.78 is 42.3. The van der Waals surface area contributed by atoms with E-state index < -0.39 is 41.9 Å². The first kappa shape index (κ1) is 18.1. The van der Waals surface area contributed by atoms with E-state index in [9.17, 15) is 33.0 Å². The number of hydrogen-bond donors (Lipinski definition) is 2. The molecule has 2 N–H and O–H groups in total. The van der Waals surface area contributed by atoms with Gasteiger partial charge in [-0.1, -0.05) is 6.07 Å². The second kappa shape index (κ2) is 7.37. The quantitative estimate of drug-likeness (QED) is 0.617. The van der Waals surface area contributed by atoms with Crippen molar-refractivity contribution in [2.75, 3.05) is 6.61 Å². The van der Waals surface area contributed by atoms with Gasteiger partial charge in [-0.05, 0) is 24.6 Å². The summed E-state index contributed by atoms with van der Waals surface area (Å²) in [6, 6.07) is 2.15. The van der Waals surface area contributed by atoms with Gasteiger partial charge in [0.1, 0.15) is 12.4 Å². The van der Waals surface area contributed by atoms with Gasteiger partial charge in [0, 0.05) is 5.56 Å². The van der Waals surface area contributed by atoms with Crippen molar-refractivity contribution in [2.24, 2.45) is 0 Å². The van der Waals surface area contributed by atoms with Gasteiger partial charge in [0.2, 0.25) is 0 Å². The third-order valence-electron chi connectivity index (χ3n) is 2.91. The fraction of sp³-hybridized carbons (Fsp3) is 0.429. The third-order valence-corrected chi connectivity index (χ3v) is 2.91. The minimum atomic E-state index is -4.63. The van der Waals surface area contributed by atoms with Crippen molar-refractivity contribution >= 4 is 12.3 Å². The Morgan fingerprint density at radius 3 is 2.50 bits per heavy atom. The second-order valence-corrected chi connectivity index (χ2v) is 4.48. The molecule has 0 saturated carbocycles. The van der Waals surface area contributed by atoms with Crippen molar-refractivity contribution < 1.29 is 37.7 Å². The van der Waals surface area contributed by atoms with Crippen molar-refractivity contribution in [3.05, 3.63) is 34.9 Å². The molecule has 0 spiro atoms. The van der Waals surface area contributed by atoms with Gasteiger partial charge in [-0.2, -0.15) is 13.2 Å². The van der Waals surface area contributed by atoms with Crippen LogP contribution in [0.2, 0.25) is 0 Å². The molecular weight excluding hydrogens is 305 g/mol. The molecule has 2 unspecified atom stereocenters. The molecule has 122 valence electrons. The van der Waals surface area contributed by atoms with E-state index in [1.54, 1.807) is 6.92 Å². The fourth-order valence-corrected chi connectivity index (χ4v) is 1.83. The molecule has 0 aliphatic rings. The zero-order valence-corrected chi connectivity index (χ0v) is 11.6. The molecule has 2 atom stereocenters. The molecular formula is C14H15F3O5. The van der Waals surface area contributed by atoms with Crippen LogP contribution in [0.5, 0.6) is 0 Å². The molecule has 0 amide bonds. The predicted octanol–water partition coefficient (Wildman–Crippen LogP) is 1.87. The van der Waals surface area contributed by atoms with Crippen LogP contribution in [-0.2, 0) is 15.7 Å². The Balaban J connectivity index is 3.00. The SMILES string of the molecule is CCOC(=O)CC(O)C(O)c1ccc(C(F)(F)F)cc1C=O. The van der Waals surface area contributed by atoms with Crippen LogP contribution >= 0.6 is 0 Å². The van der Waals surface area contributed by atoms with Crippen molar-refractivity contribution in [2.45, 2.75) is 31.7 Å². The van der Waals surface area contributed by atoms with Gasteiger partial charge >= 0.3 is 12.1 Å². The standard InChI is InChI=1S/C14H15F3O5/c1-2-22-12(20)6-11(19)13(21)10-4-3-9(14(15,16)17)5-8(10)7-18/h3-5,7,11,13,19,21H,2,6H2,1H3. The lowest BCUT2D eigenvalue weighted by molar-refractivity contribution is -0.147. The first-order valence-electron chi connectivity index (χ1n) is 6.38. The molecule has 0 aliphatic carbocycles. The summed E-state index contributed by atoms with van der Waals surface area (Å²) in [4.78, 5) is 22.1. The van der Waals surface area contributed by atoms with Gasteiger partial charge in [0.05, 0.1) is 24.7 Å². The molecule has 8 heteroatoms. The van der Waals surface area contributed by atoms with Crippen LogP contribution in [0.4, 0.5) is 13.2 Å². The highest BCUT2D eigenvalue weighted by atomic mass is 19.4. The van der Waals surface area contributed by atoms with Gasteiger partial charge in [0.15, 0.2) is 0 Å². The lowest BCUT2D eigenvalue weighted by Crippen LogP contribution is -2.24. The fourth-order valence-electron chi connectivity index (χ4n) is 1.83. The molecule has 0 saturated heterocycles. The summed E-state index contributed by atoms with van der Waals surface area (Å²) in [7, 11) is 0. The first-order valence-corrected chi connectivity index (χ1v) is 6.38. The zero-order valence-electron chi connectivity index (χ0n) is 11.6. The van der Waals surface area contributed by atoms with Crippen molar-refractivity contribution in [3.8, 4) is 0 Å². The normalized spacial score (nSPS) is 14.3. The summed E-state index contributed by atoms with van der Waals surface area (Å²) in [6.45, 7) is 1.64. The number of hydrogen-bond acceptors (Lipinski definition) is 5. The molecule has 1 aromatic carbocycles. The van der Waals surface area contributed by atoms with E-state index in [2.05, 4.69) is 4.74 Å². The van der Waals surface area contributed by atoms with E-state index in [4.69, 9.17) is 0 Å². The average molecular weight is 320 g/mol. The summed E-state index contributed by atoms with van der Waals surface area (Å²) >= 11 is 0. The molecule has 1 rings (SSSR count). The van der Waals surface area contributed by atoms with Gasteiger partial charge in [-0.15, -0.1) is 0 Å². The summed E-state index contributed by atoms with van der Waals surface area (Å²) in [5.74, 6) is -0.770. The Labute approximate surface area is 124 Å². The molecule has 0 fully saturated rings. The lowest BCUT2D eigenvalue weighted by Gasteiger charge is -2.19. The number of alkyl halides is 3. The summed E-state index contributed by atoms with van der Waals surface area (Å²) in [5.41, 5.74) is -1.66. The van der Waals surface area contributed by atoms with Crippen molar-refractivity contribution in [1.82, 2.24) is 0 Å². The van der Waals surface area contributed by atoms with Gasteiger partial charge in [-0.25, -0.2) is 0 Å². The molecule has 0 aliphatic heterocycles. The minimum Gasteiger partial charge on any atom is -0.466 e. The highest BCUT2D eigenvalue weighted by Gasteiger charge is 2.32. The predicted molar refractivity (Wildman–Crippen MR) is 69.0 cm³/mol. The maximum atomic E-state index is 12.6. The van der Waals surface area contributed by atoms with E-state index in [0.29, 0.717) is 12.1 Å². The Morgan fingerprint density at radius 1 is 1.36 bits per heavy atom. The Kier molecular flexibility index (Phi) is 6.07. The molecule has 1 aromatic rings. The van der Waals surface area contributed by atoms with Gasteiger partial charge < -0.3 is 14.9 Å². The average Bonchev–Trinajstić information content (AvgIpc) is 2.44. The van der Waals surface area contributed by atoms with Crippen LogP contribution in [0.15, 0.2) is 18.2 Å². The smallest absolute Gasteiger partial charge is 0.416 e. The third kappa shape index (κ3) is 4.54. The number of rotatable bonds is 6. The molecule has 0 heterocycles. The number of halogens is 3. The number of carbonyl (C=O) groups is 2. The first-order chi connectivity index (χ1) is 10.2. The largest absolute Gasteiger partial charge is 0.466 e. The highest BCUT2D eigenvalue weighted by molar-refractivity contribution is 5.78. The number of benzene rings is 1. The Hall–Kier alpha value is -1.93. The van der Waals surface area contributed by atoms with E-state index in [1.807, 2.05) is 0 Å². The second-order valence-electron chi connectivity index (χ2n) is 4.48. The van der Waals surface area contributed by atoms with E-state index in [0.717, 1.165) is 6.07 Å². The van der Waals surface area contributed by atoms with Gasteiger partial charge in [-0.3, -0.25) is 9.59 Å². The van der Waals surface area contributed by atoms with E-state index in [1.165, 1.54) is 0 Å². The van der Waals surface area contributed by atoms with Crippen LogP contribution in [0.1, 0.15) is 40.9 Å². The molecule has 22 heavy (non-hydrogen) atoms. The number of aldehydes is 1. The van der Waals surface area contributed by atoms with E-state index in [-0.39, 0.29) is 18.5 Å².